The monoisotopic (exact) mass is 267 g/mol. The largest absolute Gasteiger partial charge is 0.389 e. The maximum Gasteiger partial charge on any atom is 0.0898 e. The lowest BCUT2D eigenvalue weighted by atomic mass is 9.54. The number of nitrogens with one attached hydrogen (secondary N) is 1. The molecule has 110 valence electrons. The van der Waals surface area contributed by atoms with Crippen molar-refractivity contribution in [3.05, 3.63) is 0 Å². The minimum Gasteiger partial charge on any atom is -0.389 e. The van der Waals surface area contributed by atoms with Crippen LogP contribution in [0.4, 0.5) is 0 Å². The van der Waals surface area contributed by atoms with Gasteiger partial charge >= 0.3 is 0 Å². The van der Waals surface area contributed by atoms with Crippen LogP contribution in [-0.4, -0.2) is 36.0 Å². The zero-order chi connectivity index (χ0) is 13.5. The topological polar surface area (TPSA) is 41.5 Å². The third-order valence-corrected chi connectivity index (χ3v) is 5.33. The van der Waals surface area contributed by atoms with Gasteiger partial charge in [-0.1, -0.05) is 13.8 Å². The van der Waals surface area contributed by atoms with Gasteiger partial charge in [-0.25, -0.2) is 0 Å². The molecule has 0 saturated heterocycles. The first kappa shape index (κ1) is 13.8. The SMILES string of the molecule is CC(C)NC[C@@H](O)COC12CC3CC(CC(C3)C1)C2. The third kappa shape index (κ3) is 3.14. The molecule has 0 radical (unpaired) electrons. The number of aliphatic hydroxyl groups is 1. The Hall–Kier alpha value is -0.120. The first-order valence-electron chi connectivity index (χ1n) is 8.10. The lowest BCUT2D eigenvalue weighted by Crippen LogP contribution is -2.53. The second kappa shape index (κ2) is 5.34. The molecule has 0 amide bonds. The lowest BCUT2D eigenvalue weighted by Gasteiger charge is -2.56. The predicted octanol–water partition coefficient (Wildman–Crippen LogP) is 2.33. The summed E-state index contributed by atoms with van der Waals surface area (Å²) in [5, 5.41) is 13.3. The van der Waals surface area contributed by atoms with Crippen molar-refractivity contribution in [1.29, 1.82) is 0 Å². The van der Waals surface area contributed by atoms with E-state index in [1.165, 1.54) is 38.5 Å². The van der Waals surface area contributed by atoms with Crippen molar-refractivity contribution in [2.45, 2.75) is 70.1 Å². The maximum atomic E-state index is 10.0. The van der Waals surface area contributed by atoms with Crippen LogP contribution >= 0.6 is 0 Å². The highest BCUT2D eigenvalue weighted by Gasteiger charge is 2.51. The normalized spacial score (nSPS) is 42.0. The van der Waals surface area contributed by atoms with E-state index in [9.17, 15) is 5.11 Å². The van der Waals surface area contributed by atoms with E-state index in [0.29, 0.717) is 19.2 Å². The zero-order valence-electron chi connectivity index (χ0n) is 12.4. The molecule has 4 aliphatic carbocycles. The van der Waals surface area contributed by atoms with Gasteiger partial charge in [0.25, 0.3) is 0 Å². The Balaban J connectivity index is 1.49. The van der Waals surface area contributed by atoms with Gasteiger partial charge in [0.2, 0.25) is 0 Å². The average molecular weight is 267 g/mol. The minimum atomic E-state index is -0.365. The fourth-order valence-corrected chi connectivity index (χ4v) is 4.91. The number of rotatable bonds is 6. The molecule has 0 spiro atoms. The van der Waals surface area contributed by atoms with Gasteiger partial charge in [0.15, 0.2) is 0 Å². The molecular weight excluding hydrogens is 238 g/mol. The molecule has 0 aromatic carbocycles. The van der Waals surface area contributed by atoms with Crippen LogP contribution in [0.3, 0.4) is 0 Å². The van der Waals surface area contributed by atoms with Crippen LogP contribution in [0, 0.1) is 17.8 Å². The first-order valence-corrected chi connectivity index (χ1v) is 8.10. The van der Waals surface area contributed by atoms with Crippen molar-refractivity contribution in [3.8, 4) is 0 Å². The summed E-state index contributed by atoms with van der Waals surface area (Å²) < 4.78 is 6.25. The van der Waals surface area contributed by atoms with Crippen LogP contribution in [0.2, 0.25) is 0 Å². The molecule has 1 atom stereocenters. The van der Waals surface area contributed by atoms with E-state index in [4.69, 9.17) is 4.74 Å². The van der Waals surface area contributed by atoms with Crippen molar-refractivity contribution in [1.82, 2.24) is 5.32 Å². The smallest absolute Gasteiger partial charge is 0.0898 e. The highest BCUT2D eigenvalue weighted by Crippen LogP contribution is 2.57. The van der Waals surface area contributed by atoms with Crippen molar-refractivity contribution in [2.75, 3.05) is 13.2 Å². The zero-order valence-corrected chi connectivity index (χ0v) is 12.4. The average Bonchev–Trinajstić information content (AvgIpc) is 2.32. The van der Waals surface area contributed by atoms with E-state index < -0.39 is 0 Å². The molecule has 19 heavy (non-hydrogen) atoms. The number of aliphatic hydroxyl groups excluding tert-OH is 1. The first-order chi connectivity index (χ1) is 9.05. The molecule has 3 nitrogen and oxygen atoms in total. The Labute approximate surface area is 117 Å². The van der Waals surface area contributed by atoms with Gasteiger partial charge in [0.05, 0.1) is 18.3 Å². The Bertz CT molecular complexity index is 281. The fraction of sp³-hybridized carbons (Fsp3) is 1.00. The molecule has 4 fully saturated rings. The Morgan fingerprint density at radius 2 is 1.63 bits per heavy atom. The van der Waals surface area contributed by atoms with E-state index >= 15 is 0 Å². The third-order valence-electron chi connectivity index (χ3n) is 5.33. The predicted molar refractivity (Wildman–Crippen MR) is 76.0 cm³/mol. The summed E-state index contributed by atoms with van der Waals surface area (Å²) in [6.07, 6.45) is 7.73. The van der Waals surface area contributed by atoms with E-state index in [1.807, 2.05) is 0 Å². The van der Waals surface area contributed by atoms with Crippen LogP contribution in [0.15, 0.2) is 0 Å². The van der Waals surface area contributed by atoms with Gasteiger partial charge < -0.3 is 15.2 Å². The van der Waals surface area contributed by atoms with Crippen molar-refractivity contribution >= 4 is 0 Å². The highest BCUT2D eigenvalue weighted by molar-refractivity contribution is 5.03. The second-order valence-electron chi connectivity index (χ2n) is 7.63. The number of hydrogen-bond donors (Lipinski definition) is 2. The molecule has 4 saturated carbocycles. The van der Waals surface area contributed by atoms with Crippen molar-refractivity contribution < 1.29 is 9.84 Å². The number of hydrogen-bond acceptors (Lipinski definition) is 3. The second-order valence-corrected chi connectivity index (χ2v) is 7.63. The molecule has 0 aromatic rings. The van der Waals surface area contributed by atoms with Crippen LogP contribution in [-0.2, 0) is 4.74 Å². The van der Waals surface area contributed by atoms with Crippen LogP contribution < -0.4 is 5.32 Å². The molecule has 4 rings (SSSR count). The lowest BCUT2D eigenvalue weighted by molar-refractivity contribution is -0.174. The van der Waals surface area contributed by atoms with Gasteiger partial charge in [-0.3, -0.25) is 0 Å². The summed E-state index contributed by atoms with van der Waals surface area (Å²) in [5.74, 6) is 2.74. The molecule has 0 heterocycles. The van der Waals surface area contributed by atoms with Crippen molar-refractivity contribution in [2.24, 2.45) is 17.8 Å². The summed E-state index contributed by atoms with van der Waals surface area (Å²) in [6, 6.07) is 0.425. The van der Waals surface area contributed by atoms with E-state index in [0.717, 1.165) is 17.8 Å². The molecule has 4 aliphatic rings. The van der Waals surface area contributed by atoms with E-state index in [2.05, 4.69) is 19.2 Å². The Morgan fingerprint density at radius 3 is 2.11 bits per heavy atom. The molecule has 0 aromatic heterocycles. The van der Waals surface area contributed by atoms with Crippen LogP contribution in [0.5, 0.6) is 0 Å². The fourth-order valence-electron chi connectivity index (χ4n) is 4.91. The van der Waals surface area contributed by atoms with E-state index in [-0.39, 0.29) is 11.7 Å². The van der Waals surface area contributed by atoms with Crippen LogP contribution in [0.25, 0.3) is 0 Å². The number of ether oxygens (including phenoxy) is 1. The molecule has 3 heteroatoms. The summed E-state index contributed by atoms with van der Waals surface area (Å²) >= 11 is 0. The van der Waals surface area contributed by atoms with E-state index in [1.54, 1.807) is 0 Å². The van der Waals surface area contributed by atoms with Gasteiger partial charge in [0, 0.05) is 12.6 Å². The van der Waals surface area contributed by atoms with Crippen LogP contribution in [0.1, 0.15) is 52.4 Å². The minimum absolute atomic E-state index is 0.133. The summed E-state index contributed by atoms with van der Waals surface area (Å²) in [4.78, 5) is 0. The van der Waals surface area contributed by atoms with Gasteiger partial charge in [0.1, 0.15) is 0 Å². The quantitative estimate of drug-likeness (QED) is 0.776. The Kier molecular flexibility index (Phi) is 3.89. The Morgan fingerprint density at radius 1 is 1.11 bits per heavy atom. The maximum absolute atomic E-state index is 10.0. The van der Waals surface area contributed by atoms with Gasteiger partial charge in [-0.2, -0.15) is 0 Å². The summed E-state index contributed by atoms with van der Waals surface area (Å²) in [6.45, 7) is 5.36. The van der Waals surface area contributed by atoms with Gasteiger partial charge in [-0.05, 0) is 56.3 Å². The summed E-state index contributed by atoms with van der Waals surface area (Å²) in [5.41, 5.74) is 0.133. The molecule has 4 bridgehead atoms. The highest BCUT2D eigenvalue weighted by atomic mass is 16.5. The van der Waals surface area contributed by atoms with Crippen molar-refractivity contribution in [3.63, 3.8) is 0 Å². The standard InChI is InChI=1S/C16H29NO2/c1-11(2)17-9-15(18)10-19-16-6-12-3-13(7-16)5-14(4-12)8-16/h11-15,17-18H,3-10H2,1-2H3/t12?,13?,14?,15-,16?/m1/s1. The van der Waals surface area contributed by atoms with Gasteiger partial charge in [-0.15, -0.1) is 0 Å². The summed E-state index contributed by atoms with van der Waals surface area (Å²) in [7, 11) is 0. The molecular formula is C16H29NO2. The molecule has 2 N–H and O–H groups in total. The molecule has 0 unspecified atom stereocenters. The molecule has 0 aliphatic heterocycles.